The van der Waals surface area contributed by atoms with E-state index in [0.29, 0.717) is 32.5 Å². The molecule has 0 aliphatic carbocycles. The number of aromatic amines is 1. The summed E-state index contributed by atoms with van der Waals surface area (Å²) in [6.45, 7) is 0.168. The highest BCUT2D eigenvalue weighted by atomic mass is 35.5. The molecule has 2 aromatic carbocycles. The highest BCUT2D eigenvalue weighted by Crippen LogP contribution is 2.36. The number of fused-ring (bicyclic) bond motifs is 1. The van der Waals surface area contributed by atoms with Gasteiger partial charge >= 0.3 is 6.18 Å². The zero-order valence-electron chi connectivity index (χ0n) is 16.6. The largest absolute Gasteiger partial charge is 0.433 e. The molecule has 0 radical (unpaired) electrons. The summed E-state index contributed by atoms with van der Waals surface area (Å²) in [6, 6.07) is 10.9. The highest BCUT2D eigenvalue weighted by molar-refractivity contribution is 6.31. The fourth-order valence-electron chi connectivity index (χ4n) is 3.52. The first-order chi connectivity index (χ1) is 15.2. The molecule has 2 aromatic heterocycles. The normalized spacial score (nSPS) is 11.7. The molecule has 1 amide bonds. The van der Waals surface area contributed by atoms with Gasteiger partial charge in [-0.3, -0.25) is 14.7 Å². The second-order valence-corrected chi connectivity index (χ2v) is 7.57. The number of benzene rings is 2. The van der Waals surface area contributed by atoms with E-state index < -0.39 is 11.9 Å². The second-order valence-electron chi connectivity index (χ2n) is 7.13. The number of hydrogen-bond donors (Lipinski definition) is 2. The molecule has 0 saturated heterocycles. The summed E-state index contributed by atoms with van der Waals surface area (Å²) in [5.74, 6) is -0.301. The smallest absolute Gasteiger partial charge is 0.355 e. The zero-order chi connectivity index (χ0) is 23.0. The number of rotatable bonds is 4. The number of nitrogens with zero attached hydrogens (tertiary/aromatic N) is 2. The lowest BCUT2D eigenvalue weighted by Gasteiger charge is -2.11. The summed E-state index contributed by atoms with van der Waals surface area (Å²) >= 11 is 6.11. The van der Waals surface area contributed by atoms with E-state index in [1.165, 1.54) is 35.9 Å². The lowest BCUT2D eigenvalue weighted by atomic mass is 10.0. The number of amides is 1. The van der Waals surface area contributed by atoms with Gasteiger partial charge in [0.2, 0.25) is 0 Å². The van der Waals surface area contributed by atoms with Crippen molar-refractivity contribution in [3.63, 3.8) is 0 Å². The quantitative estimate of drug-likeness (QED) is 0.471. The Kier molecular flexibility index (Phi) is 5.52. The molecule has 4 rings (SSSR count). The van der Waals surface area contributed by atoms with Gasteiger partial charge in [0, 0.05) is 34.8 Å². The SMILES string of the molecule is CNC(=O)c1cc(Cl)cc(Cn2ccc3cc(-c4cn[nH]c4C(F)(F)F)ccc3c2=O)c1. The summed E-state index contributed by atoms with van der Waals surface area (Å²) < 4.78 is 41.0. The van der Waals surface area contributed by atoms with Crippen LogP contribution in [0.5, 0.6) is 0 Å². The Hall–Kier alpha value is -3.59. The van der Waals surface area contributed by atoms with E-state index >= 15 is 0 Å². The van der Waals surface area contributed by atoms with Gasteiger partial charge in [0.05, 0.1) is 12.7 Å². The minimum absolute atomic E-state index is 0.0933. The Morgan fingerprint density at radius 3 is 2.69 bits per heavy atom. The third-order valence-corrected chi connectivity index (χ3v) is 5.23. The average Bonchev–Trinajstić information content (AvgIpc) is 3.25. The number of carbonyl (C=O) groups excluding carboxylic acids is 1. The van der Waals surface area contributed by atoms with Gasteiger partial charge in [-0.1, -0.05) is 17.7 Å². The zero-order valence-corrected chi connectivity index (χ0v) is 17.4. The first kappa shape index (κ1) is 21.6. The maximum Gasteiger partial charge on any atom is 0.433 e. The van der Waals surface area contributed by atoms with E-state index in [0.717, 1.165) is 6.20 Å². The van der Waals surface area contributed by atoms with Crippen molar-refractivity contribution in [1.29, 1.82) is 0 Å². The number of hydrogen-bond acceptors (Lipinski definition) is 3. The third-order valence-electron chi connectivity index (χ3n) is 5.01. The van der Waals surface area contributed by atoms with E-state index in [4.69, 9.17) is 11.6 Å². The lowest BCUT2D eigenvalue weighted by molar-refractivity contribution is -0.140. The molecule has 2 N–H and O–H groups in total. The van der Waals surface area contributed by atoms with Gasteiger partial charge in [-0.25, -0.2) is 0 Å². The molecule has 0 spiro atoms. The van der Waals surface area contributed by atoms with Crippen LogP contribution in [0.15, 0.2) is 59.7 Å². The number of alkyl halides is 3. The second kappa shape index (κ2) is 8.16. The minimum Gasteiger partial charge on any atom is -0.355 e. The van der Waals surface area contributed by atoms with Crippen LogP contribution in [0.4, 0.5) is 13.2 Å². The molecule has 0 atom stereocenters. The fourth-order valence-corrected chi connectivity index (χ4v) is 3.77. The van der Waals surface area contributed by atoms with Crippen molar-refractivity contribution in [2.45, 2.75) is 12.7 Å². The number of aromatic nitrogens is 3. The molecule has 0 unspecified atom stereocenters. The van der Waals surface area contributed by atoms with Crippen LogP contribution in [0.25, 0.3) is 21.9 Å². The average molecular weight is 461 g/mol. The number of H-pyrrole nitrogens is 1. The lowest BCUT2D eigenvalue weighted by Crippen LogP contribution is -2.21. The number of halogens is 4. The molecular formula is C22H16ClF3N4O2. The molecule has 2 heterocycles. The van der Waals surface area contributed by atoms with Crippen LogP contribution < -0.4 is 10.9 Å². The number of nitrogens with one attached hydrogen (secondary N) is 2. The van der Waals surface area contributed by atoms with E-state index in [-0.39, 0.29) is 23.6 Å². The fraction of sp³-hybridized carbons (Fsp3) is 0.136. The van der Waals surface area contributed by atoms with E-state index in [2.05, 4.69) is 10.4 Å². The van der Waals surface area contributed by atoms with Gasteiger partial charge in [-0.15, -0.1) is 0 Å². The number of pyridine rings is 1. The van der Waals surface area contributed by atoms with Crippen LogP contribution in [0.3, 0.4) is 0 Å². The number of carbonyl (C=O) groups is 1. The standard InChI is InChI=1S/C22H16ClF3N4O2/c1-27-20(31)15-6-12(7-16(23)9-15)11-30-5-4-14-8-13(2-3-17(14)21(30)32)18-10-28-29-19(18)22(24,25)26/h2-10H,11H2,1H3,(H,27,31)(H,28,29). The first-order valence-corrected chi connectivity index (χ1v) is 9.81. The van der Waals surface area contributed by atoms with Gasteiger partial charge in [0.1, 0.15) is 5.69 Å². The van der Waals surface area contributed by atoms with E-state index in [1.807, 2.05) is 5.10 Å². The summed E-state index contributed by atoms with van der Waals surface area (Å²) in [7, 11) is 1.51. The Morgan fingerprint density at radius 1 is 1.19 bits per heavy atom. The van der Waals surface area contributed by atoms with E-state index in [9.17, 15) is 22.8 Å². The van der Waals surface area contributed by atoms with Crippen LogP contribution in [-0.4, -0.2) is 27.7 Å². The van der Waals surface area contributed by atoms with Crippen LogP contribution in [0, 0.1) is 0 Å². The minimum atomic E-state index is -4.57. The molecule has 0 aliphatic rings. The van der Waals surface area contributed by atoms with Crippen molar-refractivity contribution in [3.8, 4) is 11.1 Å². The predicted octanol–water partition coefficient (Wildman–Crippen LogP) is 4.47. The first-order valence-electron chi connectivity index (χ1n) is 9.43. The monoisotopic (exact) mass is 460 g/mol. The Morgan fingerprint density at radius 2 is 1.97 bits per heavy atom. The Bertz CT molecular complexity index is 1390. The van der Waals surface area contributed by atoms with Crippen molar-refractivity contribution in [2.24, 2.45) is 0 Å². The molecule has 164 valence electrons. The van der Waals surface area contributed by atoms with Gasteiger partial charge in [-0.05, 0) is 52.9 Å². The molecule has 6 nitrogen and oxygen atoms in total. The summed E-state index contributed by atoms with van der Waals surface area (Å²) in [6.07, 6.45) is -1.92. The molecule has 0 bridgehead atoms. The van der Waals surface area contributed by atoms with Gasteiger partial charge in [0.15, 0.2) is 0 Å². The molecule has 0 fully saturated rings. The third kappa shape index (κ3) is 4.11. The predicted molar refractivity (Wildman–Crippen MR) is 115 cm³/mol. The molecule has 0 aliphatic heterocycles. The van der Waals surface area contributed by atoms with Crippen molar-refractivity contribution in [1.82, 2.24) is 20.1 Å². The van der Waals surface area contributed by atoms with Crippen molar-refractivity contribution in [2.75, 3.05) is 7.05 Å². The molecule has 32 heavy (non-hydrogen) atoms. The van der Waals surface area contributed by atoms with Crippen LogP contribution in [-0.2, 0) is 12.7 Å². The highest BCUT2D eigenvalue weighted by Gasteiger charge is 2.35. The maximum absolute atomic E-state index is 13.2. The van der Waals surface area contributed by atoms with Gasteiger partial charge in [-0.2, -0.15) is 18.3 Å². The summed E-state index contributed by atoms with van der Waals surface area (Å²) in [5, 5.41) is 9.21. The molecular weight excluding hydrogens is 445 g/mol. The van der Waals surface area contributed by atoms with Crippen LogP contribution >= 0.6 is 11.6 Å². The van der Waals surface area contributed by atoms with E-state index in [1.54, 1.807) is 24.4 Å². The topological polar surface area (TPSA) is 79.8 Å². The summed E-state index contributed by atoms with van der Waals surface area (Å²) in [4.78, 5) is 24.9. The molecule has 0 saturated carbocycles. The van der Waals surface area contributed by atoms with Crippen molar-refractivity contribution < 1.29 is 18.0 Å². The van der Waals surface area contributed by atoms with Crippen LogP contribution in [0.2, 0.25) is 5.02 Å². The Balaban J connectivity index is 1.72. The van der Waals surface area contributed by atoms with Crippen molar-refractivity contribution >= 4 is 28.3 Å². The van der Waals surface area contributed by atoms with Crippen LogP contribution in [0.1, 0.15) is 21.6 Å². The Labute approximate surface area is 184 Å². The summed E-state index contributed by atoms with van der Waals surface area (Å²) in [5.41, 5.74) is -0.0432. The van der Waals surface area contributed by atoms with Crippen molar-refractivity contribution in [3.05, 3.63) is 87.1 Å². The molecule has 10 heteroatoms. The maximum atomic E-state index is 13.2. The van der Waals surface area contributed by atoms with Gasteiger partial charge in [0.25, 0.3) is 11.5 Å². The molecule has 4 aromatic rings. The van der Waals surface area contributed by atoms with Gasteiger partial charge < -0.3 is 9.88 Å².